The molecule has 0 aliphatic carbocycles. The lowest BCUT2D eigenvalue weighted by Gasteiger charge is -2.10. The van der Waals surface area contributed by atoms with E-state index in [1.165, 1.54) is 0 Å². The molecule has 2 aromatic carbocycles. The fourth-order valence-electron chi connectivity index (χ4n) is 1.80. The van der Waals surface area contributed by atoms with Crippen LogP contribution in [0.4, 0.5) is 0 Å². The van der Waals surface area contributed by atoms with Crippen LogP contribution < -0.4 is 0 Å². The lowest BCUT2D eigenvalue weighted by Crippen LogP contribution is -1.92. The molecule has 0 N–H and O–H groups in total. The smallest absolute Gasteiger partial charge is 0.115 e. The molecule has 2 heteroatoms. The maximum absolute atomic E-state index is 10.6. The average Bonchev–Trinajstić information content (AvgIpc) is 2.39. The Morgan fingerprint density at radius 3 is 2.25 bits per heavy atom. The minimum atomic E-state index is -0.309. The number of nitroso groups, excluding NO2 is 1. The molecule has 16 heavy (non-hydrogen) atoms. The van der Waals surface area contributed by atoms with Gasteiger partial charge in [0.2, 0.25) is 0 Å². The first-order valence-corrected chi connectivity index (χ1v) is 5.29. The van der Waals surface area contributed by atoms with Gasteiger partial charge in [-0.05, 0) is 23.6 Å². The van der Waals surface area contributed by atoms with E-state index in [-0.39, 0.29) is 6.04 Å². The van der Waals surface area contributed by atoms with Gasteiger partial charge in [-0.1, -0.05) is 59.8 Å². The first-order chi connectivity index (χ1) is 7.83. The van der Waals surface area contributed by atoms with Gasteiger partial charge in [-0.15, -0.1) is 0 Å². The highest BCUT2D eigenvalue weighted by Gasteiger charge is 2.10. The number of hydrogen-bond donors (Lipinski definition) is 0. The van der Waals surface area contributed by atoms with Gasteiger partial charge in [-0.25, -0.2) is 0 Å². The van der Waals surface area contributed by atoms with Gasteiger partial charge >= 0.3 is 0 Å². The molecule has 0 saturated carbocycles. The van der Waals surface area contributed by atoms with Crippen LogP contribution in [0.1, 0.15) is 18.5 Å². The molecule has 0 bridgehead atoms. The Bertz CT molecular complexity index is 479. The molecule has 2 nitrogen and oxygen atoms in total. The highest BCUT2D eigenvalue weighted by molar-refractivity contribution is 5.67. The van der Waals surface area contributed by atoms with Crippen LogP contribution in [-0.2, 0) is 0 Å². The van der Waals surface area contributed by atoms with Crippen LogP contribution in [0.25, 0.3) is 11.1 Å². The molecule has 0 aliphatic rings. The molecule has 2 rings (SSSR count). The lowest BCUT2D eigenvalue weighted by atomic mass is 9.96. The Morgan fingerprint density at radius 2 is 1.56 bits per heavy atom. The SMILES string of the molecule is CC(N=O)c1ccccc1-c1ccccc1. The summed E-state index contributed by atoms with van der Waals surface area (Å²) in [6, 6.07) is 17.6. The van der Waals surface area contributed by atoms with E-state index in [1.54, 1.807) is 0 Å². The van der Waals surface area contributed by atoms with Gasteiger partial charge < -0.3 is 0 Å². The second-order valence-corrected chi connectivity index (χ2v) is 3.73. The molecule has 0 radical (unpaired) electrons. The zero-order chi connectivity index (χ0) is 11.4. The topological polar surface area (TPSA) is 29.4 Å². The Labute approximate surface area is 94.9 Å². The van der Waals surface area contributed by atoms with Crippen molar-refractivity contribution in [2.75, 3.05) is 0 Å². The summed E-state index contributed by atoms with van der Waals surface area (Å²) in [7, 11) is 0. The van der Waals surface area contributed by atoms with Crippen LogP contribution in [0.5, 0.6) is 0 Å². The molecule has 0 heterocycles. The maximum Gasteiger partial charge on any atom is 0.115 e. The van der Waals surface area contributed by atoms with E-state index in [0.29, 0.717) is 0 Å². The highest BCUT2D eigenvalue weighted by atomic mass is 16.3. The molecular weight excluding hydrogens is 198 g/mol. The second kappa shape index (κ2) is 4.71. The molecule has 0 saturated heterocycles. The van der Waals surface area contributed by atoms with Crippen LogP contribution in [0.15, 0.2) is 59.8 Å². The molecule has 2 aromatic rings. The van der Waals surface area contributed by atoms with E-state index in [1.807, 2.05) is 61.5 Å². The predicted molar refractivity (Wildman–Crippen MR) is 66.1 cm³/mol. The van der Waals surface area contributed by atoms with Crippen LogP contribution in [0.3, 0.4) is 0 Å². The van der Waals surface area contributed by atoms with Gasteiger partial charge in [-0.3, -0.25) is 0 Å². The average molecular weight is 211 g/mol. The van der Waals surface area contributed by atoms with Gasteiger partial charge in [0, 0.05) is 0 Å². The monoisotopic (exact) mass is 211 g/mol. The van der Waals surface area contributed by atoms with Crippen LogP contribution in [0, 0.1) is 4.91 Å². The fourth-order valence-corrected chi connectivity index (χ4v) is 1.80. The van der Waals surface area contributed by atoms with Gasteiger partial charge in [0.05, 0.1) is 0 Å². The lowest BCUT2D eigenvalue weighted by molar-refractivity contribution is 0.814. The first kappa shape index (κ1) is 10.6. The van der Waals surface area contributed by atoms with E-state index < -0.39 is 0 Å². The van der Waals surface area contributed by atoms with E-state index in [9.17, 15) is 4.91 Å². The third-order valence-electron chi connectivity index (χ3n) is 2.65. The zero-order valence-electron chi connectivity index (χ0n) is 9.13. The number of rotatable bonds is 3. The minimum Gasteiger partial charge on any atom is -0.150 e. The largest absolute Gasteiger partial charge is 0.150 e. The summed E-state index contributed by atoms with van der Waals surface area (Å²) in [5.74, 6) is 0. The predicted octanol–water partition coefficient (Wildman–Crippen LogP) is 4.18. The van der Waals surface area contributed by atoms with Gasteiger partial charge in [-0.2, -0.15) is 4.91 Å². The fraction of sp³-hybridized carbons (Fsp3) is 0.143. The minimum absolute atomic E-state index is 0.309. The highest BCUT2D eigenvalue weighted by Crippen LogP contribution is 2.29. The summed E-state index contributed by atoms with van der Waals surface area (Å²) in [6.07, 6.45) is 0. The van der Waals surface area contributed by atoms with Crippen molar-refractivity contribution < 1.29 is 0 Å². The maximum atomic E-state index is 10.6. The molecule has 0 aliphatic heterocycles. The van der Waals surface area contributed by atoms with E-state index in [2.05, 4.69) is 5.18 Å². The number of benzene rings is 2. The quantitative estimate of drug-likeness (QED) is 0.700. The molecule has 0 amide bonds. The van der Waals surface area contributed by atoms with E-state index in [4.69, 9.17) is 0 Å². The summed E-state index contributed by atoms with van der Waals surface area (Å²) in [5.41, 5.74) is 3.17. The van der Waals surface area contributed by atoms with Crippen molar-refractivity contribution in [3.8, 4) is 11.1 Å². The molecule has 0 spiro atoms. The summed E-state index contributed by atoms with van der Waals surface area (Å²) >= 11 is 0. The molecular formula is C14H13NO. The van der Waals surface area contributed by atoms with E-state index in [0.717, 1.165) is 16.7 Å². The summed E-state index contributed by atoms with van der Waals surface area (Å²) in [6.45, 7) is 1.81. The standard InChI is InChI=1S/C14H13NO/c1-11(15-16)13-9-5-6-10-14(13)12-7-3-2-4-8-12/h2-11H,1H3. The van der Waals surface area contributed by atoms with Crippen molar-refractivity contribution in [1.82, 2.24) is 0 Å². The molecule has 0 aromatic heterocycles. The summed E-state index contributed by atoms with van der Waals surface area (Å²) in [5, 5.41) is 3.09. The summed E-state index contributed by atoms with van der Waals surface area (Å²) < 4.78 is 0. The van der Waals surface area contributed by atoms with Crippen LogP contribution >= 0.6 is 0 Å². The van der Waals surface area contributed by atoms with Crippen LogP contribution in [-0.4, -0.2) is 0 Å². The van der Waals surface area contributed by atoms with Crippen molar-refractivity contribution in [2.45, 2.75) is 13.0 Å². The van der Waals surface area contributed by atoms with Crippen molar-refractivity contribution >= 4 is 0 Å². The molecule has 1 unspecified atom stereocenters. The molecule has 80 valence electrons. The Kier molecular flexibility index (Phi) is 3.10. The number of hydrogen-bond acceptors (Lipinski definition) is 2. The number of nitrogens with zero attached hydrogens (tertiary/aromatic N) is 1. The van der Waals surface area contributed by atoms with E-state index >= 15 is 0 Å². The van der Waals surface area contributed by atoms with Gasteiger partial charge in [0.15, 0.2) is 0 Å². The normalized spacial score (nSPS) is 12.1. The van der Waals surface area contributed by atoms with Crippen LogP contribution in [0.2, 0.25) is 0 Å². The third kappa shape index (κ3) is 2.01. The first-order valence-electron chi connectivity index (χ1n) is 5.29. The van der Waals surface area contributed by atoms with Crippen molar-refractivity contribution in [3.05, 3.63) is 65.1 Å². The Balaban J connectivity index is 2.53. The second-order valence-electron chi connectivity index (χ2n) is 3.73. The van der Waals surface area contributed by atoms with Gasteiger partial charge in [0.25, 0.3) is 0 Å². The Hall–Kier alpha value is -1.96. The van der Waals surface area contributed by atoms with Crippen molar-refractivity contribution in [3.63, 3.8) is 0 Å². The van der Waals surface area contributed by atoms with Crippen molar-refractivity contribution in [1.29, 1.82) is 0 Å². The zero-order valence-corrected chi connectivity index (χ0v) is 9.13. The third-order valence-corrected chi connectivity index (χ3v) is 2.65. The molecule has 1 atom stereocenters. The van der Waals surface area contributed by atoms with Crippen molar-refractivity contribution in [2.24, 2.45) is 5.18 Å². The Morgan fingerprint density at radius 1 is 0.938 bits per heavy atom. The summed E-state index contributed by atoms with van der Waals surface area (Å²) in [4.78, 5) is 10.6. The van der Waals surface area contributed by atoms with Gasteiger partial charge in [0.1, 0.15) is 6.04 Å². The molecule has 0 fully saturated rings.